The Hall–Kier alpha value is -0.970. The summed E-state index contributed by atoms with van der Waals surface area (Å²) in [6.45, 7) is 3.29. The minimum Gasteiger partial charge on any atom is -0.311 e. The van der Waals surface area contributed by atoms with Crippen LogP contribution in [0.25, 0.3) is 0 Å². The Morgan fingerprint density at radius 2 is 1.70 bits per heavy atom. The van der Waals surface area contributed by atoms with Gasteiger partial charge in [0.2, 0.25) is 0 Å². The minimum absolute atomic E-state index is 0.328. The van der Waals surface area contributed by atoms with Crippen LogP contribution in [0.4, 0.5) is 0 Å². The highest BCUT2D eigenvalue weighted by Gasteiger charge is 2.48. The van der Waals surface area contributed by atoms with Crippen molar-refractivity contribution in [3.05, 3.63) is 34.3 Å². The first-order valence-electron chi connectivity index (χ1n) is 12.7. The van der Waals surface area contributed by atoms with Gasteiger partial charge in [0, 0.05) is 17.5 Å². The quantitative estimate of drug-likeness (QED) is 0.489. The lowest BCUT2D eigenvalue weighted by molar-refractivity contribution is -0.00277. The molecule has 5 aliphatic rings. The standard InChI is InChI=1S/C28H38ClN/c1-2-30-28(11-5-3-6-12-28)13-7-4-8-22-9-10-23(19-26(22)29)27-24-15-20-14-21(17-24)18-25(27)16-20/h9-10,19-21,24-25,27,30H,2-3,5-7,11-18H2,1H3. The van der Waals surface area contributed by atoms with Gasteiger partial charge in [0.25, 0.3) is 0 Å². The van der Waals surface area contributed by atoms with E-state index in [0.717, 1.165) is 59.6 Å². The van der Waals surface area contributed by atoms with Gasteiger partial charge in [-0.3, -0.25) is 0 Å². The molecule has 30 heavy (non-hydrogen) atoms. The number of benzene rings is 1. The van der Waals surface area contributed by atoms with Crippen molar-refractivity contribution in [1.82, 2.24) is 5.32 Å². The van der Waals surface area contributed by atoms with E-state index < -0.39 is 0 Å². The van der Waals surface area contributed by atoms with Crippen LogP contribution in [-0.2, 0) is 0 Å². The maximum atomic E-state index is 6.73. The van der Waals surface area contributed by atoms with Gasteiger partial charge in [-0.1, -0.05) is 55.7 Å². The lowest BCUT2D eigenvalue weighted by Gasteiger charge is -2.54. The zero-order valence-electron chi connectivity index (χ0n) is 18.7. The van der Waals surface area contributed by atoms with Gasteiger partial charge in [0.15, 0.2) is 0 Å². The Morgan fingerprint density at radius 1 is 1.00 bits per heavy atom. The summed E-state index contributed by atoms with van der Waals surface area (Å²) in [4.78, 5) is 0. The summed E-state index contributed by atoms with van der Waals surface area (Å²) in [6.07, 6.45) is 16.2. The van der Waals surface area contributed by atoms with Crippen LogP contribution < -0.4 is 5.32 Å². The van der Waals surface area contributed by atoms with Crippen LogP contribution in [0.3, 0.4) is 0 Å². The molecule has 0 saturated heterocycles. The molecule has 0 spiro atoms. The normalized spacial score (nSPS) is 33.9. The molecule has 0 heterocycles. The second-order valence-corrected chi connectivity index (χ2v) is 11.3. The molecule has 5 saturated carbocycles. The number of nitrogens with one attached hydrogen (secondary N) is 1. The molecule has 1 N–H and O–H groups in total. The number of rotatable bonds is 5. The van der Waals surface area contributed by atoms with Crippen molar-refractivity contribution in [3.8, 4) is 11.8 Å². The van der Waals surface area contributed by atoms with Crippen molar-refractivity contribution in [2.45, 2.75) is 95.4 Å². The van der Waals surface area contributed by atoms with Crippen molar-refractivity contribution < 1.29 is 0 Å². The Morgan fingerprint density at radius 3 is 2.33 bits per heavy atom. The molecule has 5 fully saturated rings. The SMILES string of the molecule is CCNC1(CCC#Cc2ccc(C3C4CC5CC(C4)CC3C5)cc2Cl)CCCCC1. The molecule has 1 nitrogen and oxygen atoms in total. The fourth-order valence-corrected chi connectivity index (χ4v) is 8.12. The first kappa shape index (κ1) is 20.9. The van der Waals surface area contributed by atoms with Gasteiger partial charge in [-0.05, 0) is 105 Å². The molecular weight excluding hydrogens is 386 g/mol. The smallest absolute Gasteiger partial charge is 0.0565 e. The summed E-state index contributed by atoms with van der Waals surface area (Å²) in [5, 5.41) is 4.65. The monoisotopic (exact) mass is 423 g/mol. The maximum absolute atomic E-state index is 6.73. The average Bonchev–Trinajstić information content (AvgIpc) is 2.73. The Labute approximate surface area is 188 Å². The lowest BCUT2D eigenvalue weighted by Crippen LogP contribution is -2.46. The molecule has 162 valence electrons. The zero-order chi connectivity index (χ0) is 20.6. The topological polar surface area (TPSA) is 12.0 Å². The fraction of sp³-hybridized carbons (Fsp3) is 0.714. The lowest BCUT2D eigenvalue weighted by atomic mass is 9.51. The van der Waals surface area contributed by atoms with Gasteiger partial charge >= 0.3 is 0 Å². The highest BCUT2D eigenvalue weighted by Crippen LogP contribution is 2.59. The van der Waals surface area contributed by atoms with E-state index >= 15 is 0 Å². The molecule has 1 aromatic carbocycles. The van der Waals surface area contributed by atoms with Gasteiger partial charge in [-0.25, -0.2) is 0 Å². The van der Waals surface area contributed by atoms with Crippen molar-refractivity contribution >= 4 is 11.6 Å². The zero-order valence-corrected chi connectivity index (χ0v) is 19.4. The van der Waals surface area contributed by atoms with E-state index in [4.69, 9.17) is 11.6 Å². The van der Waals surface area contributed by atoms with Gasteiger partial charge in [0.1, 0.15) is 0 Å². The van der Waals surface area contributed by atoms with Gasteiger partial charge in [-0.2, -0.15) is 0 Å². The van der Waals surface area contributed by atoms with E-state index in [2.05, 4.69) is 42.3 Å². The molecule has 0 aliphatic heterocycles. The van der Waals surface area contributed by atoms with Crippen LogP contribution in [-0.4, -0.2) is 12.1 Å². The maximum Gasteiger partial charge on any atom is 0.0565 e. The van der Waals surface area contributed by atoms with Crippen molar-refractivity contribution in [2.24, 2.45) is 23.7 Å². The van der Waals surface area contributed by atoms with Crippen molar-refractivity contribution in [1.29, 1.82) is 0 Å². The van der Waals surface area contributed by atoms with Gasteiger partial charge < -0.3 is 5.32 Å². The molecule has 1 aromatic rings. The number of hydrogen-bond donors (Lipinski definition) is 1. The van der Waals surface area contributed by atoms with Crippen LogP contribution >= 0.6 is 11.6 Å². The second-order valence-electron chi connectivity index (χ2n) is 10.9. The van der Waals surface area contributed by atoms with Crippen LogP contribution in [0.5, 0.6) is 0 Å². The third-order valence-electron chi connectivity index (χ3n) is 8.92. The fourth-order valence-electron chi connectivity index (χ4n) is 7.89. The summed E-state index contributed by atoms with van der Waals surface area (Å²) in [6, 6.07) is 6.82. The number of hydrogen-bond acceptors (Lipinski definition) is 1. The molecule has 0 unspecified atom stereocenters. The Bertz CT molecular complexity index is 776. The predicted octanol–water partition coefficient (Wildman–Crippen LogP) is 7.32. The van der Waals surface area contributed by atoms with Crippen molar-refractivity contribution in [3.63, 3.8) is 0 Å². The van der Waals surface area contributed by atoms with Crippen LogP contribution in [0.2, 0.25) is 5.02 Å². The molecule has 2 heteroatoms. The first-order valence-corrected chi connectivity index (χ1v) is 13.1. The van der Waals surface area contributed by atoms with Crippen LogP contribution in [0, 0.1) is 35.5 Å². The van der Waals surface area contributed by atoms with E-state index in [-0.39, 0.29) is 0 Å². The van der Waals surface area contributed by atoms with Crippen molar-refractivity contribution in [2.75, 3.05) is 6.54 Å². The molecule has 0 atom stereocenters. The van der Waals surface area contributed by atoms with Gasteiger partial charge in [-0.15, -0.1) is 0 Å². The molecule has 4 bridgehead atoms. The summed E-state index contributed by atoms with van der Waals surface area (Å²) >= 11 is 6.73. The van der Waals surface area contributed by atoms with E-state index in [1.54, 1.807) is 0 Å². The van der Waals surface area contributed by atoms with E-state index in [0.29, 0.717) is 5.54 Å². The van der Waals surface area contributed by atoms with E-state index in [1.807, 2.05) is 0 Å². The highest BCUT2D eigenvalue weighted by molar-refractivity contribution is 6.31. The highest BCUT2D eigenvalue weighted by atomic mass is 35.5. The average molecular weight is 424 g/mol. The van der Waals surface area contributed by atoms with E-state index in [9.17, 15) is 0 Å². The summed E-state index contributed by atoms with van der Waals surface area (Å²) < 4.78 is 0. The predicted molar refractivity (Wildman–Crippen MR) is 127 cm³/mol. The summed E-state index contributed by atoms with van der Waals surface area (Å²) in [5.74, 6) is 11.5. The molecule has 0 radical (unpaired) electrons. The van der Waals surface area contributed by atoms with Gasteiger partial charge in [0.05, 0.1) is 5.02 Å². The minimum atomic E-state index is 0.328. The third kappa shape index (κ3) is 4.20. The summed E-state index contributed by atoms with van der Waals surface area (Å²) in [7, 11) is 0. The second kappa shape index (κ2) is 8.88. The Kier molecular flexibility index (Phi) is 6.19. The van der Waals surface area contributed by atoms with Crippen LogP contribution in [0.1, 0.15) is 101 Å². The molecule has 6 rings (SSSR count). The largest absolute Gasteiger partial charge is 0.311 e. The van der Waals surface area contributed by atoms with Crippen LogP contribution in [0.15, 0.2) is 18.2 Å². The van der Waals surface area contributed by atoms with E-state index in [1.165, 1.54) is 69.8 Å². The molecular formula is C28H38ClN. The molecule has 0 amide bonds. The Balaban J connectivity index is 1.24. The number of halogens is 1. The molecule has 5 aliphatic carbocycles. The first-order chi connectivity index (χ1) is 14.7. The summed E-state index contributed by atoms with van der Waals surface area (Å²) in [5.41, 5.74) is 2.84. The third-order valence-corrected chi connectivity index (χ3v) is 9.23. The molecule has 0 aromatic heterocycles.